The third-order valence-corrected chi connectivity index (χ3v) is 4.68. The van der Waals surface area contributed by atoms with Crippen molar-refractivity contribution in [2.75, 3.05) is 53.5 Å². The Balaban J connectivity index is 1.75. The molecule has 25 heavy (non-hydrogen) atoms. The Morgan fingerprint density at radius 1 is 1.08 bits per heavy atom. The number of carbonyl (C=O) groups is 1. The van der Waals surface area contributed by atoms with Gasteiger partial charge in [-0.3, -0.25) is 4.90 Å². The second-order valence-corrected chi connectivity index (χ2v) is 6.69. The Kier molecular flexibility index (Phi) is 5.89. The molecule has 2 aromatic carbocycles. The van der Waals surface area contributed by atoms with E-state index in [0.717, 1.165) is 39.4 Å². The number of nitrogens with zero attached hydrogens (tertiary/aromatic N) is 3. The molecule has 1 heterocycles. The quantitative estimate of drug-likeness (QED) is 0.839. The summed E-state index contributed by atoms with van der Waals surface area (Å²) in [4.78, 5) is 18.6. The number of benzene rings is 2. The zero-order chi connectivity index (χ0) is 17.6. The fourth-order valence-electron chi connectivity index (χ4n) is 3.25. The van der Waals surface area contributed by atoms with E-state index < -0.39 is 0 Å². The van der Waals surface area contributed by atoms with E-state index in [1.165, 1.54) is 16.3 Å². The van der Waals surface area contributed by atoms with Gasteiger partial charge in [-0.05, 0) is 16.3 Å². The molecule has 0 bridgehead atoms. The highest BCUT2D eigenvalue weighted by Gasteiger charge is 2.19. The van der Waals surface area contributed by atoms with Crippen molar-refractivity contribution in [1.29, 1.82) is 0 Å². The van der Waals surface area contributed by atoms with Crippen LogP contribution in [0, 0.1) is 0 Å². The molecule has 0 aliphatic carbocycles. The lowest BCUT2D eigenvalue weighted by Crippen LogP contribution is -2.45. The smallest absolute Gasteiger partial charge is 0.319 e. The summed E-state index contributed by atoms with van der Waals surface area (Å²) in [5, 5.41) is 2.43. The maximum Gasteiger partial charge on any atom is 0.319 e. The van der Waals surface area contributed by atoms with Gasteiger partial charge in [-0.2, -0.15) is 0 Å². The summed E-state index contributed by atoms with van der Waals surface area (Å²) in [6.07, 6.45) is 0. The topological polar surface area (TPSA) is 36.0 Å². The molecule has 1 aliphatic heterocycles. The van der Waals surface area contributed by atoms with Gasteiger partial charge < -0.3 is 14.5 Å². The summed E-state index contributed by atoms with van der Waals surface area (Å²) in [5.74, 6) is 0. The Bertz CT molecular complexity index is 706. The minimum absolute atomic E-state index is 0.0567. The van der Waals surface area contributed by atoms with Gasteiger partial charge in [0, 0.05) is 46.8 Å². The number of hydrogen-bond donors (Lipinski definition) is 0. The molecular weight excluding hydrogens is 314 g/mol. The molecule has 5 nitrogen and oxygen atoms in total. The molecule has 3 rings (SSSR count). The number of fused-ring (bicyclic) bond motifs is 1. The summed E-state index contributed by atoms with van der Waals surface area (Å²) in [7, 11) is 3.63. The molecule has 0 N–H and O–H groups in total. The first kappa shape index (κ1) is 17.7. The molecule has 134 valence electrons. The van der Waals surface area contributed by atoms with E-state index in [0.29, 0.717) is 6.54 Å². The van der Waals surface area contributed by atoms with Crippen LogP contribution in [0.2, 0.25) is 0 Å². The van der Waals surface area contributed by atoms with Gasteiger partial charge in [-0.1, -0.05) is 42.5 Å². The first-order valence-corrected chi connectivity index (χ1v) is 8.88. The van der Waals surface area contributed by atoms with Crippen LogP contribution in [-0.4, -0.2) is 74.2 Å². The van der Waals surface area contributed by atoms with Crippen molar-refractivity contribution in [2.24, 2.45) is 0 Å². The standard InChI is InChI=1S/C20H27N3O2/c1-21(2)20(24)23(11-10-22-12-14-25-15-13-22)16-18-8-5-7-17-6-3-4-9-19(17)18/h3-9H,10-16H2,1-2H3. The van der Waals surface area contributed by atoms with E-state index in [1.54, 1.807) is 4.90 Å². The number of amides is 2. The molecule has 0 atom stereocenters. The van der Waals surface area contributed by atoms with Crippen LogP contribution in [0.15, 0.2) is 42.5 Å². The molecule has 1 aliphatic rings. The van der Waals surface area contributed by atoms with Crippen LogP contribution in [0.3, 0.4) is 0 Å². The largest absolute Gasteiger partial charge is 0.379 e. The second kappa shape index (κ2) is 8.32. The normalized spacial score (nSPS) is 15.3. The Labute approximate surface area is 149 Å². The summed E-state index contributed by atoms with van der Waals surface area (Å²) < 4.78 is 5.41. The molecule has 2 amide bonds. The zero-order valence-electron chi connectivity index (χ0n) is 15.1. The van der Waals surface area contributed by atoms with Gasteiger partial charge in [0.1, 0.15) is 0 Å². The maximum atomic E-state index is 12.7. The molecule has 0 aromatic heterocycles. The van der Waals surface area contributed by atoms with Crippen LogP contribution >= 0.6 is 0 Å². The van der Waals surface area contributed by atoms with Gasteiger partial charge in [0.2, 0.25) is 0 Å². The fourth-order valence-corrected chi connectivity index (χ4v) is 3.25. The first-order chi connectivity index (χ1) is 12.1. The van der Waals surface area contributed by atoms with Crippen molar-refractivity contribution < 1.29 is 9.53 Å². The lowest BCUT2D eigenvalue weighted by Gasteiger charge is -2.31. The number of morpholine rings is 1. The van der Waals surface area contributed by atoms with Gasteiger partial charge in [-0.25, -0.2) is 4.79 Å². The van der Waals surface area contributed by atoms with Gasteiger partial charge >= 0.3 is 6.03 Å². The van der Waals surface area contributed by atoms with E-state index in [2.05, 4.69) is 41.3 Å². The number of ether oxygens (including phenoxy) is 1. The van der Waals surface area contributed by atoms with Gasteiger partial charge in [-0.15, -0.1) is 0 Å². The third kappa shape index (κ3) is 4.50. The Hall–Kier alpha value is -2.11. The minimum atomic E-state index is 0.0567. The molecule has 5 heteroatoms. The van der Waals surface area contributed by atoms with Crippen LogP contribution < -0.4 is 0 Å². The Morgan fingerprint density at radius 2 is 1.80 bits per heavy atom. The van der Waals surface area contributed by atoms with Crippen LogP contribution in [0.4, 0.5) is 4.79 Å². The van der Waals surface area contributed by atoms with Crippen molar-refractivity contribution in [1.82, 2.24) is 14.7 Å². The maximum absolute atomic E-state index is 12.7. The molecule has 1 fully saturated rings. The van der Waals surface area contributed by atoms with Crippen molar-refractivity contribution in [3.63, 3.8) is 0 Å². The SMILES string of the molecule is CN(C)C(=O)N(CCN1CCOCC1)Cc1cccc2ccccc12. The average molecular weight is 341 g/mol. The molecule has 0 spiro atoms. The predicted molar refractivity (Wildman–Crippen MR) is 101 cm³/mol. The molecule has 0 saturated carbocycles. The van der Waals surface area contributed by atoms with Crippen molar-refractivity contribution >= 4 is 16.8 Å². The number of hydrogen-bond acceptors (Lipinski definition) is 3. The molecular formula is C20H27N3O2. The highest BCUT2D eigenvalue weighted by Crippen LogP contribution is 2.20. The Morgan fingerprint density at radius 3 is 2.56 bits per heavy atom. The lowest BCUT2D eigenvalue weighted by atomic mass is 10.0. The molecule has 0 radical (unpaired) electrons. The zero-order valence-corrected chi connectivity index (χ0v) is 15.1. The molecule has 2 aromatic rings. The van der Waals surface area contributed by atoms with Crippen molar-refractivity contribution in [3.05, 3.63) is 48.0 Å². The minimum Gasteiger partial charge on any atom is -0.379 e. The van der Waals surface area contributed by atoms with E-state index >= 15 is 0 Å². The van der Waals surface area contributed by atoms with Crippen molar-refractivity contribution in [2.45, 2.75) is 6.54 Å². The van der Waals surface area contributed by atoms with Crippen LogP contribution in [0.1, 0.15) is 5.56 Å². The summed E-state index contributed by atoms with van der Waals surface area (Å²) in [6, 6.07) is 14.7. The van der Waals surface area contributed by atoms with E-state index in [-0.39, 0.29) is 6.03 Å². The molecule has 1 saturated heterocycles. The monoisotopic (exact) mass is 341 g/mol. The fraction of sp³-hybridized carbons (Fsp3) is 0.450. The van der Waals surface area contributed by atoms with Gasteiger partial charge in [0.15, 0.2) is 0 Å². The van der Waals surface area contributed by atoms with E-state index in [9.17, 15) is 4.79 Å². The van der Waals surface area contributed by atoms with Gasteiger partial charge in [0.25, 0.3) is 0 Å². The van der Waals surface area contributed by atoms with E-state index in [1.807, 2.05) is 25.1 Å². The third-order valence-electron chi connectivity index (χ3n) is 4.68. The highest BCUT2D eigenvalue weighted by molar-refractivity contribution is 5.86. The molecule has 0 unspecified atom stereocenters. The lowest BCUT2D eigenvalue weighted by molar-refractivity contribution is 0.0341. The second-order valence-electron chi connectivity index (χ2n) is 6.69. The summed E-state index contributed by atoms with van der Waals surface area (Å²) in [5.41, 5.74) is 1.19. The van der Waals surface area contributed by atoms with Crippen molar-refractivity contribution in [3.8, 4) is 0 Å². The number of urea groups is 1. The predicted octanol–water partition coefficient (Wildman–Crippen LogP) is 2.66. The van der Waals surface area contributed by atoms with Gasteiger partial charge in [0.05, 0.1) is 13.2 Å². The number of rotatable bonds is 5. The average Bonchev–Trinajstić information content (AvgIpc) is 2.65. The number of carbonyl (C=O) groups excluding carboxylic acids is 1. The van der Waals surface area contributed by atoms with E-state index in [4.69, 9.17) is 4.74 Å². The van der Waals surface area contributed by atoms with Crippen LogP contribution in [0.5, 0.6) is 0 Å². The first-order valence-electron chi connectivity index (χ1n) is 8.88. The highest BCUT2D eigenvalue weighted by atomic mass is 16.5. The van der Waals surface area contributed by atoms with Crippen LogP contribution in [0.25, 0.3) is 10.8 Å². The summed E-state index contributed by atoms with van der Waals surface area (Å²) in [6.45, 7) is 5.68. The van der Waals surface area contributed by atoms with Crippen LogP contribution in [-0.2, 0) is 11.3 Å². The summed E-state index contributed by atoms with van der Waals surface area (Å²) >= 11 is 0.